The molecule has 19 heavy (non-hydrogen) atoms. The summed E-state index contributed by atoms with van der Waals surface area (Å²) in [6.45, 7) is 3.18. The van der Waals surface area contributed by atoms with Gasteiger partial charge in [-0.25, -0.2) is 0 Å². The van der Waals surface area contributed by atoms with E-state index in [0.29, 0.717) is 11.8 Å². The first-order valence-corrected chi connectivity index (χ1v) is 6.91. The largest absolute Gasteiger partial charge is 0.316 e. The number of hydrogen-bond donors (Lipinski definition) is 1. The number of carbonyl (C=O) groups is 1. The third-order valence-electron chi connectivity index (χ3n) is 4.89. The summed E-state index contributed by atoms with van der Waals surface area (Å²) >= 11 is 0. The number of halogens is 1. The first kappa shape index (κ1) is 12.9. The minimum Gasteiger partial charge on any atom is -0.316 e. The lowest BCUT2D eigenvalue weighted by Gasteiger charge is -2.18. The number of hydrogen-bond acceptors (Lipinski definition) is 2. The molecule has 2 heterocycles. The predicted molar refractivity (Wildman–Crippen MR) is 77.9 cm³/mol. The van der Waals surface area contributed by atoms with Gasteiger partial charge in [0.2, 0.25) is 5.91 Å². The quantitative estimate of drug-likeness (QED) is 0.899. The zero-order valence-corrected chi connectivity index (χ0v) is 11.7. The minimum absolute atomic E-state index is 0. The molecule has 3 nitrogen and oxygen atoms in total. The van der Waals surface area contributed by atoms with Crippen molar-refractivity contribution in [1.29, 1.82) is 0 Å². The van der Waals surface area contributed by atoms with Crippen molar-refractivity contribution in [3.05, 3.63) is 29.8 Å². The number of piperidine rings is 1. The lowest BCUT2D eigenvalue weighted by atomic mass is 9.95. The summed E-state index contributed by atoms with van der Waals surface area (Å²) < 4.78 is 0. The number of fused-ring (bicyclic) bond motifs is 1. The number of anilines is 1. The van der Waals surface area contributed by atoms with Gasteiger partial charge in [0, 0.05) is 30.6 Å². The third kappa shape index (κ3) is 1.87. The van der Waals surface area contributed by atoms with Crippen LogP contribution in [0.15, 0.2) is 24.3 Å². The van der Waals surface area contributed by atoms with Gasteiger partial charge in [-0.05, 0) is 43.0 Å². The predicted octanol–water partition coefficient (Wildman–Crippen LogP) is 2.10. The number of nitrogens with zero attached hydrogens (tertiary/aromatic N) is 1. The SMILES string of the molecule is Cl.O=C1CCCN1c1ccc(C23CNCC2C3)cc1. The Morgan fingerprint density at radius 2 is 2.05 bits per heavy atom. The van der Waals surface area contributed by atoms with Crippen LogP contribution in [0.3, 0.4) is 0 Å². The average molecular weight is 279 g/mol. The fourth-order valence-corrected chi connectivity index (χ4v) is 3.68. The van der Waals surface area contributed by atoms with Crippen LogP contribution in [0.1, 0.15) is 24.8 Å². The van der Waals surface area contributed by atoms with Crippen molar-refractivity contribution in [2.24, 2.45) is 5.92 Å². The number of carbonyl (C=O) groups excluding carboxylic acids is 1. The molecule has 0 aromatic heterocycles. The Hall–Kier alpha value is -1.06. The van der Waals surface area contributed by atoms with E-state index < -0.39 is 0 Å². The van der Waals surface area contributed by atoms with Gasteiger partial charge in [-0.1, -0.05) is 12.1 Å². The molecule has 3 aliphatic rings. The fraction of sp³-hybridized carbons (Fsp3) is 0.533. The van der Waals surface area contributed by atoms with Crippen molar-refractivity contribution in [1.82, 2.24) is 5.32 Å². The minimum atomic E-state index is 0. The Labute approximate surface area is 119 Å². The van der Waals surface area contributed by atoms with Crippen LogP contribution < -0.4 is 10.2 Å². The van der Waals surface area contributed by atoms with Crippen LogP contribution >= 0.6 is 12.4 Å². The molecular formula is C15H19ClN2O. The molecule has 2 atom stereocenters. The zero-order valence-electron chi connectivity index (χ0n) is 10.9. The molecule has 1 saturated carbocycles. The van der Waals surface area contributed by atoms with Gasteiger partial charge in [0.05, 0.1) is 0 Å². The van der Waals surface area contributed by atoms with Gasteiger partial charge in [-0.2, -0.15) is 0 Å². The molecule has 1 aromatic carbocycles. The second-order valence-corrected chi connectivity index (χ2v) is 5.88. The Kier molecular flexibility index (Phi) is 3.06. The van der Waals surface area contributed by atoms with E-state index in [2.05, 4.69) is 29.6 Å². The molecule has 0 bridgehead atoms. The molecule has 1 amide bonds. The summed E-state index contributed by atoms with van der Waals surface area (Å²) in [6.07, 6.45) is 3.04. The molecule has 102 valence electrons. The van der Waals surface area contributed by atoms with E-state index >= 15 is 0 Å². The molecule has 2 saturated heterocycles. The van der Waals surface area contributed by atoms with E-state index in [4.69, 9.17) is 0 Å². The number of amides is 1. The van der Waals surface area contributed by atoms with Crippen LogP contribution in [0.25, 0.3) is 0 Å². The molecule has 1 N–H and O–H groups in total. The third-order valence-corrected chi connectivity index (χ3v) is 4.89. The van der Waals surface area contributed by atoms with E-state index in [0.717, 1.165) is 31.1 Å². The van der Waals surface area contributed by atoms with Gasteiger partial charge in [0.25, 0.3) is 0 Å². The maximum atomic E-state index is 11.7. The molecule has 4 rings (SSSR count). The highest BCUT2D eigenvalue weighted by atomic mass is 35.5. The van der Waals surface area contributed by atoms with Crippen molar-refractivity contribution >= 4 is 24.0 Å². The van der Waals surface area contributed by atoms with E-state index in [1.807, 2.05) is 4.90 Å². The van der Waals surface area contributed by atoms with Crippen LogP contribution in [0, 0.1) is 5.92 Å². The maximum absolute atomic E-state index is 11.7. The van der Waals surface area contributed by atoms with Crippen molar-refractivity contribution in [2.75, 3.05) is 24.5 Å². The highest BCUT2D eigenvalue weighted by molar-refractivity contribution is 5.95. The number of rotatable bonds is 2. The summed E-state index contributed by atoms with van der Waals surface area (Å²) in [4.78, 5) is 13.6. The fourth-order valence-electron chi connectivity index (χ4n) is 3.68. The normalized spacial score (nSPS) is 32.1. The van der Waals surface area contributed by atoms with Crippen molar-refractivity contribution in [3.8, 4) is 0 Å². The van der Waals surface area contributed by atoms with Gasteiger partial charge in [0.1, 0.15) is 0 Å². The molecule has 3 fully saturated rings. The van der Waals surface area contributed by atoms with Crippen LogP contribution in [-0.4, -0.2) is 25.5 Å². The van der Waals surface area contributed by atoms with Crippen molar-refractivity contribution in [3.63, 3.8) is 0 Å². The van der Waals surface area contributed by atoms with E-state index in [1.165, 1.54) is 18.5 Å². The van der Waals surface area contributed by atoms with Gasteiger partial charge in [-0.15, -0.1) is 12.4 Å². The standard InChI is InChI=1S/C15H18N2O.ClH/c18-14-2-1-7-17(14)13-5-3-11(4-6-13)15-8-12(15)9-16-10-15;/h3-6,12,16H,1-2,7-10H2;1H. The highest BCUT2D eigenvalue weighted by Gasteiger charge is 2.57. The lowest BCUT2D eigenvalue weighted by molar-refractivity contribution is -0.117. The second kappa shape index (κ2) is 4.50. The molecule has 0 radical (unpaired) electrons. The van der Waals surface area contributed by atoms with Gasteiger partial charge < -0.3 is 10.2 Å². The van der Waals surface area contributed by atoms with Crippen LogP contribution in [0.2, 0.25) is 0 Å². The van der Waals surface area contributed by atoms with Crippen molar-refractivity contribution < 1.29 is 4.79 Å². The number of benzene rings is 1. The summed E-state index contributed by atoms with van der Waals surface area (Å²) in [7, 11) is 0. The Morgan fingerprint density at radius 3 is 2.58 bits per heavy atom. The highest BCUT2D eigenvalue weighted by Crippen LogP contribution is 2.56. The Bertz CT molecular complexity index is 501. The zero-order chi connectivity index (χ0) is 12.2. The summed E-state index contributed by atoms with van der Waals surface area (Å²) in [6, 6.07) is 8.71. The average Bonchev–Trinajstić information content (AvgIpc) is 2.74. The topological polar surface area (TPSA) is 32.3 Å². The Morgan fingerprint density at radius 1 is 1.26 bits per heavy atom. The molecule has 4 heteroatoms. The van der Waals surface area contributed by atoms with Gasteiger partial charge in [-0.3, -0.25) is 4.79 Å². The van der Waals surface area contributed by atoms with Crippen molar-refractivity contribution in [2.45, 2.75) is 24.7 Å². The molecular weight excluding hydrogens is 260 g/mol. The summed E-state index contributed by atoms with van der Waals surface area (Å²) in [5.41, 5.74) is 2.95. The van der Waals surface area contributed by atoms with Gasteiger partial charge >= 0.3 is 0 Å². The molecule has 2 aliphatic heterocycles. The summed E-state index contributed by atoms with van der Waals surface area (Å²) in [5.74, 6) is 1.12. The van der Waals surface area contributed by atoms with E-state index in [-0.39, 0.29) is 18.3 Å². The smallest absolute Gasteiger partial charge is 0.227 e. The van der Waals surface area contributed by atoms with E-state index in [1.54, 1.807) is 0 Å². The van der Waals surface area contributed by atoms with Gasteiger partial charge in [0.15, 0.2) is 0 Å². The first-order valence-electron chi connectivity index (χ1n) is 6.91. The lowest BCUT2D eigenvalue weighted by Crippen LogP contribution is -2.24. The number of nitrogens with one attached hydrogen (secondary N) is 1. The molecule has 0 spiro atoms. The monoisotopic (exact) mass is 278 g/mol. The maximum Gasteiger partial charge on any atom is 0.227 e. The molecule has 1 aliphatic carbocycles. The van der Waals surface area contributed by atoms with E-state index in [9.17, 15) is 4.79 Å². The Balaban J connectivity index is 0.00000110. The molecule has 2 unspecified atom stereocenters. The second-order valence-electron chi connectivity index (χ2n) is 5.88. The van der Waals surface area contributed by atoms with Crippen LogP contribution in [0.4, 0.5) is 5.69 Å². The first-order chi connectivity index (χ1) is 8.79. The molecule has 1 aromatic rings. The summed E-state index contributed by atoms with van der Waals surface area (Å²) in [5, 5.41) is 3.47. The van der Waals surface area contributed by atoms with Crippen LogP contribution in [-0.2, 0) is 10.2 Å². The van der Waals surface area contributed by atoms with Crippen LogP contribution in [0.5, 0.6) is 0 Å².